The maximum Gasteiger partial charge on any atom is 0.332 e. The first-order chi connectivity index (χ1) is 6.29. The lowest BCUT2D eigenvalue weighted by atomic mass is 10.3. The zero-order valence-electron chi connectivity index (χ0n) is 6.66. The molecule has 0 amide bonds. The Morgan fingerprint density at radius 2 is 2.38 bits per heavy atom. The van der Waals surface area contributed by atoms with Crippen LogP contribution in [0.2, 0.25) is 0 Å². The van der Waals surface area contributed by atoms with E-state index in [1.807, 2.05) is 0 Å². The van der Waals surface area contributed by atoms with Crippen molar-refractivity contribution in [3.8, 4) is 11.4 Å². The molecular weight excluding hydrogens is 170 g/mol. The summed E-state index contributed by atoms with van der Waals surface area (Å²) in [6, 6.07) is 3.39. The molecule has 0 saturated heterocycles. The van der Waals surface area contributed by atoms with Crippen LogP contribution in [0, 0.1) is 5.21 Å². The molecule has 0 atom stereocenters. The van der Waals surface area contributed by atoms with Gasteiger partial charge in [0.1, 0.15) is 6.20 Å². The van der Waals surface area contributed by atoms with Crippen molar-refractivity contribution in [2.24, 2.45) is 0 Å². The predicted octanol–water partition coefficient (Wildman–Crippen LogP) is 0.421. The Labute approximate surface area is 74.1 Å². The minimum Gasteiger partial charge on any atom is -0.710 e. The van der Waals surface area contributed by atoms with Gasteiger partial charge in [0.25, 0.3) is 0 Å². The van der Waals surface area contributed by atoms with Crippen LogP contribution in [0.1, 0.15) is 0 Å². The minimum absolute atomic E-state index is 0.160. The second kappa shape index (κ2) is 2.78. The van der Waals surface area contributed by atoms with E-state index in [1.54, 1.807) is 18.3 Å². The Morgan fingerprint density at radius 3 is 2.92 bits per heavy atom. The summed E-state index contributed by atoms with van der Waals surface area (Å²) in [5.74, 6) is 0.160. The van der Waals surface area contributed by atoms with E-state index in [-0.39, 0.29) is 5.82 Å². The molecule has 0 spiro atoms. The van der Waals surface area contributed by atoms with E-state index in [4.69, 9.17) is 0 Å². The maximum absolute atomic E-state index is 11.1. The van der Waals surface area contributed by atoms with Crippen LogP contribution < -0.4 is 4.73 Å². The highest BCUT2D eigenvalue weighted by Crippen LogP contribution is 2.11. The summed E-state index contributed by atoms with van der Waals surface area (Å²) in [4.78, 5) is 3.85. The molecular formula is C8H7N3O2. The zero-order chi connectivity index (χ0) is 9.26. The molecule has 0 radical (unpaired) electrons. The highest BCUT2D eigenvalue weighted by molar-refractivity contribution is 5.49. The van der Waals surface area contributed by atoms with Crippen molar-refractivity contribution in [3.63, 3.8) is 0 Å². The summed E-state index contributed by atoms with van der Waals surface area (Å²) in [7, 11) is 0. The van der Waals surface area contributed by atoms with Gasteiger partial charge in [-0.1, -0.05) is 0 Å². The Hall–Kier alpha value is -2.04. The average molecular weight is 177 g/mol. The lowest BCUT2D eigenvalue weighted by Gasteiger charge is -2.00. The summed E-state index contributed by atoms with van der Waals surface area (Å²) in [5, 5.41) is 20.4. The number of aromatic nitrogens is 3. The molecule has 2 heterocycles. The van der Waals surface area contributed by atoms with Crippen LogP contribution in [0.4, 0.5) is 0 Å². The van der Waals surface area contributed by atoms with Gasteiger partial charge in [-0.3, -0.25) is 4.98 Å². The smallest absolute Gasteiger partial charge is 0.332 e. The standard InChI is InChI=1S/C8H7N3O2/c12-10-4-5-11(13)8(10)7-2-1-3-9-6-7/h1-6,12H. The van der Waals surface area contributed by atoms with Crippen molar-refractivity contribution >= 4 is 0 Å². The number of imidazole rings is 1. The largest absolute Gasteiger partial charge is 0.710 e. The molecule has 0 fully saturated rings. The molecule has 2 rings (SSSR count). The second-order valence-electron chi connectivity index (χ2n) is 2.53. The Bertz CT molecular complexity index is 391. The molecule has 1 N–H and O–H groups in total. The summed E-state index contributed by atoms with van der Waals surface area (Å²) in [6.45, 7) is 0. The number of hydrogen-bond acceptors (Lipinski definition) is 3. The van der Waals surface area contributed by atoms with Gasteiger partial charge < -0.3 is 10.4 Å². The first-order valence-electron chi connectivity index (χ1n) is 3.69. The zero-order valence-corrected chi connectivity index (χ0v) is 6.66. The fraction of sp³-hybridized carbons (Fsp3) is 0. The molecule has 2 aromatic rings. The van der Waals surface area contributed by atoms with Crippen molar-refractivity contribution < 1.29 is 9.94 Å². The monoisotopic (exact) mass is 177 g/mol. The van der Waals surface area contributed by atoms with Gasteiger partial charge in [-0.15, -0.1) is 0 Å². The second-order valence-corrected chi connectivity index (χ2v) is 2.53. The molecule has 13 heavy (non-hydrogen) atoms. The lowest BCUT2D eigenvalue weighted by molar-refractivity contribution is -0.594. The van der Waals surface area contributed by atoms with Gasteiger partial charge in [-0.2, -0.15) is 0 Å². The average Bonchev–Trinajstić information content (AvgIpc) is 2.48. The molecule has 5 nitrogen and oxygen atoms in total. The number of rotatable bonds is 1. The van der Waals surface area contributed by atoms with Crippen LogP contribution in [0.15, 0.2) is 36.9 Å². The highest BCUT2D eigenvalue weighted by atomic mass is 16.5. The van der Waals surface area contributed by atoms with E-state index in [0.717, 1.165) is 4.73 Å². The van der Waals surface area contributed by atoms with Crippen LogP contribution in [-0.2, 0) is 0 Å². The van der Waals surface area contributed by atoms with E-state index in [1.165, 1.54) is 18.6 Å². The third-order valence-corrected chi connectivity index (χ3v) is 1.69. The van der Waals surface area contributed by atoms with E-state index in [0.29, 0.717) is 10.3 Å². The quantitative estimate of drug-likeness (QED) is 0.390. The van der Waals surface area contributed by atoms with Crippen molar-refractivity contribution in [3.05, 3.63) is 42.1 Å². The van der Waals surface area contributed by atoms with Crippen molar-refractivity contribution in [1.82, 2.24) is 9.71 Å². The molecule has 0 saturated carbocycles. The van der Waals surface area contributed by atoms with Crippen LogP contribution in [0.5, 0.6) is 0 Å². The maximum atomic E-state index is 11.1. The summed E-state index contributed by atoms with van der Waals surface area (Å²) >= 11 is 0. The predicted molar refractivity (Wildman–Crippen MR) is 43.8 cm³/mol. The lowest BCUT2D eigenvalue weighted by Crippen LogP contribution is -2.26. The molecule has 0 aromatic carbocycles. The first kappa shape index (κ1) is 7.60. The Kier molecular flexibility index (Phi) is 1.63. The number of pyridine rings is 1. The molecule has 0 bridgehead atoms. The van der Waals surface area contributed by atoms with Gasteiger partial charge in [0.05, 0.1) is 5.56 Å². The third-order valence-electron chi connectivity index (χ3n) is 1.69. The van der Waals surface area contributed by atoms with Crippen LogP contribution in [-0.4, -0.2) is 14.9 Å². The van der Waals surface area contributed by atoms with Crippen molar-refractivity contribution in [2.45, 2.75) is 0 Å². The van der Waals surface area contributed by atoms with E-state index >= 15 is 0 Å². The molecule has 2 aromatic heterocycles. The molecule has 0 aliphatic carbocycles. The van der Waals surface area contributed by atoms with Crippen LogP contribution >= 0.6 is 0 Å². The topological polar surface area (TPSA) is 65.0 Å². The molecule has 5 heteroatoms. The van der Waals surface area contributed by atoms with Gasteiger partial charge in [-0.25, -0.2) is 4.73 Å². The Morgan fingerprint density at radius 1 is 1.54 bits per heavy atom. The first-order valence-corrected chi connectivity index (χ1v) is 3.69. The van der Waals surface area contributed by atoms with Gasteiger partial charge in [0.2, 0.25) is 0 Å². The minimum atomic E-state index is 0.160. The van der Waals surface area contributed by atoms with E-state index in [9.17, 15) is 10.4 Å². The number of hydrogen-bond donors (Lipinski definition) is 1. The van der Waals surface area contributed by atoms with Crippen molar-refractivity contribution in [1.29, 1.82) is 0 Å². The highest BCUT2D eigenvalue weighted by Gasteiger charge is 2.14. The van der Waals surface area contributed by atoms with Gasteiger partial charge in [0, 0.05) is 12.4 Å². The number of nitrogens with zero attached hydrogens (tertiary/aromatic N) is 3. The molecule has 0 aliphatic heterocycles. The molecule has 0 unspecified atom stereocenters. The normalized spacial score (nSPS) is 10.2. The van der Waals surface area contributed by atoms with Gasteiger partial charge in [-0.05, 0) is 16.9 Å². The van der Waals surface area contributed by atoms with Crippen LogP contribution in [0.25, 0.3) is 11.4 Å². The van der Waals surface area contributed by atoms with E-state index in [2.05, 4.69) is 4.98 Å². The van der Waals surface area contributed by atoms with Crippen molar-refractivity contribution in [2.75, 3.05) is 0 Å². The van der Waals surface area contributed by atoms with E-state index < -0.39 is 0 Å². The Balaban J connectivity index is 2.59. The fourth-order valence-corrected chi connectivity index (χ4v) is 1.12. The van der Waals surface area contributed by atoms with Gasteiger partial charge >= 0.3 is 5.82 Å². The summed E-state index contributed by atoms with van der Waals surface area (Å²) in [6.07, 6.45) is 5.61. The summed E-state index contributed by atoms with van der Waals surface area (Å²) < 4.78 is 1.35. The molecule has 0 aliphatic rings. The third kappa shape index (κ3) is 1.20. The van der Waals surface area contributed by atoms with Gasteiger partial charge in [0.15, 0.2) is 6.20 Å². The van der Waals surface area contributed by atoms with Crippen LogP contribution in [0.3, 0.4) is 0 Å². The fourth-order valence-electron chi connectivity index (χ4n) is 1.12. The summed E-state index contributed by atoms with van der Waals surface area (Å²) in [5.41, 5.74) is 0.574. The molecule has 66 valence electrons. The SMILES string of the molecule is [O-][n+]1ccn(O)c1-c1cccnc1.